The topological polar surface area (TPSA) is 92.4 Å². The van der Waals surface area contributed by atoms with Gasteiger partial charge in [0, 0.05) is 0 Å². The largest absolute Gasteiger partial charge is 0.480 e. The third-order valence-electron chi connectivity index (χ3n) is 2.60. The molecule has 0 radical (unpaired) electrons. The van der Waals surface area contributed by atoms with Gasteiger partial charge in [-0.25, -0.2) is 4.79 Å². The second-order valence-corrected chi connectivity index (χ2v) is 5.16. The van der Waals surface area contributed by atoms with Crippen molar-refractivity contribution >= 4 is 11.9 Å². The van der Waals surface area contributed by atoms with Crippen molar-refractivity contribution in [3.63, 3.8) is 0 Å². The molecule has 0 heterocycles. The highest BCUT2D eigenvalue weighted by molar-refractivity contribution is 5.89. The molecule has 0 saturated carbocycles. The third kappa shape index (κ3) is 5.68. The van der Waals surface area contributed by atoms with Crippen LogP contribution in [0.2, 0.25) is 0 Å². The van der Waals surface area contributed by atoms with Crippen LogP contribution in [-0.2, 0) is 9.59 Å². The monoisotopic (exact) mass is 244 g/mol. The maximum Gasteiger partial charge on any atom is 0.326 e. The molecule has 17 heavy (non-hydrogen) atoms. The zero-order valence-electron chi connectivity index (χ0n) is 11.1. The molecule has 4 N–H and O–H groups in total. The summed E-state index contributed by atoms with van der Waals surface area (Å²) >= 11 is 0. The van der Waals surface area contributed by atoms with Gasteiger partial charge in [0.15, 0.2) is 0 Å². The maximum atomic E-state index is 11.9. The number of carboxylic acid groups (broad SMARTS) is 1. The molecule has 2 unspecified atom stereocenters. The highest BCUT2D eigenvalue weighted by atomic mass is 16.4. The summed E-state index contributed by atoms with van der Waals surface area (Å²) < 4.78 is 0. The second kappa shape index (κ2) is 6.59. The van der Waals surface area contributed by atoms with Gasteiger partial charge in [0.1, 0.15) is 6.04 Å². The average molecular weight is 244 g/mol. The van der Waals surface area contributed by atoms with Crippen LogP contribution in [0, 0.1) is 5.92 Å². The van der Waals surface area contributed by atoms with E-state index in [1.54, 1.807) is 6.92 Å². The quantitative estimate of drug-likeness (QED) is 0.625. The number of hydrogen-bond acceptors (Lipinski definition) is 3. The summed E-state index contributed by atoms with van der Waals surface area (Å²) in [6.45, 7) is 7.38. The van der Waals surface area contributed by atoms with Gasteiger partial charge in [-0.3, -0.25) is 4.79 Å². The molecule has 2 atom stereocenters. The minimum atomic E-state index is -1.01. The fraction of sp³-hybridized carbons (Fsp3) is 0.833. The molecule has 1 amide bonds. The summed E-state index contributed by atoms with van der Waals surface area (Å²) in [4.78, 5) is 22.9. The molecule has 0 spiro atoms. The van der Waals surface area contributed by atoms with Crippen molar-refractivity contribution in [3.05, 3.63) is 0 Å². The van der Waals surface area contributed by atoms with Crippen molar-refractivity contribution < 1.29 is 14.7 Å². The van der Waals surface area contributed by atoms with Crippen molar-refractivity contribution in [2.45, 2.75) is 58.5 Å². The lowest BCUT2D eigenvalue weighted by Crippen LogP contribution is -2.55. The van der Waals surface area contributed by atoms with Gasteiger partial charge < -0.3 is 16.2 Å². The number of rotatable bonds is 7. The van der Waals surface area contributed by atoms with Crippen molar-refractivity contribution in [3.8, 4) is 0 Å². The number of nitrogens with one attached hydrogen (secondary N) is 1. The van der Waals surface area contributed by atoms with Crippen LogP contribution in [0.3, 0.4) is 0 Å². The Morgan fingerprint density at radius 1 is 1.41 bits per heavy atom. The lowest BCUT2D eigenvalue weighted by Gasteiger charge is -2.26. The van der Waals surface area contributed by atoms with Gasteiger partial charge in [-0.1, -0.05) is 27.2 Å². The number of hydrogen-bond donors (Lipinski definition) is 3. The molecule has 5 heteroatoms. The third-order valence-corrected chi connectivity index (χ3v) is 2.60. The first-order valence-electron chi connectivity index (χ1n) is 6.03. The number of amides is 1. The van der Waals surface area contributed by atoms with Crippen LogP contribution in [0.5, 0.6) is 0 Å². The molecule has 0 fully saturated rings. The minimum absolute atomic E-state index is 0.201. The molecule has 0 aromatic carbocycles. The maximum absolute atomic E-state index is 11.9. The minimum Gasteiger partial charge on any atom is -0.480 e. The van der Waals surface area contributed by atoms with Crippen LogP contribution in [0.1, 0.15) is 47.0 Å². The van der Waals surface area contributed by atoms with E-state index in [1.807, 2.05) is 20.8 Å². The molecule has 0 aromatic rings. The van der Waals surface area contributed by atoms with Crippen molar-refractivity contribution in [2.24, 2.45) is 11.7 Å². The van der Waals surface area contributed by atoms with Crippen LogP contribution in [0.4, 0.5) is 0 Å². The van der Waals surface area contributed by atoms with Crippen LogP contribution in [0.15, 0.2) is 0 Å². The van der Waals surface area contributed by atoms with Gasteiger partial charge >= 0.3 is 5.97 Å². The van der Waals surface area contributed by atoms with E-state index < -0.39 is 23.5 Å². The number of nitrogens with two attached hydrogens (primary N) is 1. The van der Waals surface area contributed by atoms with Crippen LogP contribution >= 0.6 is 0 Å². The first-order valence-corrected chi connectivity index (χ1v) is 6.03. The zero-order chi connectivity index (χ0) is 13.6. The average Bonchev–Trinajstić information content (AvgIpc) is 2.15. The zero-order valence-corrected chi connectivity index (χ0v) is 11.1. The van der Waals surface area contributed by atoms with Gasteiger partial charge in [-0.05, 0) is 25.7 Å². The van der Waals surface area contributed by atoms with Gasteiger partial charge in [0.25, 0.3) is 0 Å². The van der Waals surface area contributed by atoms with Gasteiger partial charge in [0.2, 0.25) is 5.91 Å². The first kappa shape index (κ1) is 15.9. The molecule has 0 aliphatic carbocycles. The van der Waals surface area contributed by atoms with Crippen molar-refractivity contribution in [1.82, 2.24) is 5.32 Å². The Balaban J connectivity index is 4.55. The molecular formula is C12H24N2O3. The molecular weight excluding hydrogens is 220 g/mol. The Bertz CT molecular complexity index is 275. The van der Waals surface area contributed by atoms with Gasteiger partial charge in [0.05, 0.1) is 5.54 Å². The van der Waals surface area contributed by atoms with Crippen molar-refractivity contribution in [2.75, 3.05) is 0 Å². The van der Waals surface area contributed by atoms with Gasteiger partial charge in [-0.2, -0.15) is 0 Å². The second-order valence-electron chi connectivity index (χ2n) is 5.16. The molecule has 5 nitrogen and oxygen atoms in total. The lowest BCUT2D eigenvalue weighted by molar-refractivity contribution is -0.143. The predicted molar refractivity (Wildman–Crippen MR) is 66.5 cm³/mol. The molecule has 0 aromatic heterocycles. The number of carbonyl (C=O) groups excluding carboxylic acids is 1. The molecule has 0 aliphatic rings. The molecule has 100 valence electrons. The van der Waals surface area contributed by atoms with E-state index in [2.05, 4.69) is 5.32 Å². The normalized spacial score (nSPS) is 16.4. The molecule has 0 rings (SSSR count). The van der Waals surface area contributed by atoms with E-state index in [-0.39, 0.29) is 5.92 Å². The Labute approximate surface area is 103 Å². The smallest absolute Gasteiger partial charge is 0.326 e. The fourth-order valence-electron chi connectivity index (χ4n) is 1.65. The number of aliphatic carboxylic acids is 1. The summed E-state index contributed by atoms with van der Waals surface area (Å²) in [6, 6.07) is -0.859. The van der Waals surface area contributed by atoms with E-state index in [1.165, 1.54) is 0 Å². The summed E-state index contributed by atoms with van der Waals surface area (Å²) in [7, 11) is 0. The first-order chi connectivity index (χ1) is 7.70. The van der Waals surface area contributed by atoms with Crippen LogP contribution in [-0.4, -0.2) is 28.6 Å². The van der Waals surface area contributed by atoms with E-state index in [0.717, 1.165) is 6.42 Å². The highest BCUT2D eigenvalue weighted by Gasteiger charge is 2.31. The van der Waals surface area contributed by atoms with E-state index >= 15 is 0 Å². The Kier molecular flexibility index (Phi) is 6.16. The standard InChI is InChI=1S/C12H24N2O3/c1-5-6-12(4,13)11(17)14-9(10(15)16)7-8(2)3/h8-9H,5-7,13H2,1-4H3,(H,14,17)(H,15,16). The fourth-order valence-corrected chi connectivity index (χ4v) is 1.65. The Morgan fingerprint density at radius 2 is 1.94 bits per heavy atom. The summed E-state index contributed by atoms with van der Waals surface area (Å²) in [5.41, 5.74) is 4.84. The SMILES string of the molecule is CCCC(C)(N)C(=O)NC(CC(C)C)C(=O)O. The number of carbonyl (C=O) groups is 2. The van der Waals surface area contributed by atoms with E-state index in [9.17, 15) is 9.59 Å². The highest BCUT2D eigenvalue weighted by Crippen LogP contribution is 2.11. The summed E-state index contributed by atoms with van der Waals surface area (Å²) in [5.74, 6) is -1.21. The van der Waals surface area contributed by atoms with Gasteiger partial charge in [-0.15, -0.1) is 0 Å². The van der Waals surface area contributed by atoms with E-state index in [4.69, 9.17) is 10.8 Å². The number of carboxylic acids is 1. The lowest BCUT2D eigenvalue weighted by atomic mass is 9.95. The van der Waals surface area contributed by atoms with Crippen LogP contribution < -0.4 is 11.1 Å². The molecule has 0 aliphatic heterocycles. The molecule has 0 saturated heterocycles. The Morgan fingerprint density at radius 3 is 2.29 bits per heavy atom. The summed E-state index contributed by atoms with van der Waals surface area (Å²) in [5, 5.41) is 11.5. The van der Waals surface area contributed by atoms with E-state index in [0.29, 0.717) is 12.8 Å². The van der Waals surface area contributed by atoms with Crippen molar-refractivity contribution in [1.29, 1.82) is 0 Å². The Hall–Kier alpha value is -1.10. The summed E-state index contributed by atoms with van der Waals surface area (Å²) in [6.07, 6.45) is 1.72. The van der Waals surface area contributed by atoms with Crippen LogP contribution in [0.25, 0.3) is 0 Å². The molecule has 0 bridgehead atoms. The predicted octanol–water partition coefficient (Wildman–Crippen LogP) is 1.12.